The van der Waals surface area contributed by atoms with Crippen LogP contribution in [0.4, 0.5) is 5.69 Å². The van der Waals surface area contributed by atoms with E-state index in [0.717, 1.165) is 13.1 Å². The molecule has 19 heavy (non-hydrogen) atoms. The van der Waals surface area contributed by atoms with E-state index in [-0.39, 0.29) is 11.7 Å². The largest absolute Gasteiger partial charge is 0.398 e. The van der Waals surface area contributed by atoms with E-state index < -0.39 is 0 Å². The fraction of sp³-hybridized carbons (Fsp3) is 0.385. The summed E-state index contributed by atoms with van der Waals surface area (Å²) in [7, 11) is 0. The maximum absolute atomic E-state index is 12.6. The Kier molecular flexibility index (Phi) is 2.96. The Bertz CT molecular complexity index is 673. The van der Waals surface area contributed by atoms with E-state index in [1.54, 1.807) is 10.6 Å². The monoisotopic (exact) mass is 259 g/mol. The highest BCUT2D eigenvalue weighted by Crippen LogP contribution is 2.16. The Morgan fingerprint density at radius 2 is 2.26 bits per heavy atom. The summed E-state index contributed by atoms with van der Waals surface area (Å²) in [5.41, 5.74) is 6.97. The Morgan fingerprint density at radius 3 is 3.00 bits per heavy atom. The van der Waals surface area contributed by atoms with Crippen molar-refractivity contribution in [3.63, 3.8) is 0 Å². The fourth-order valence-corrected chi connectivity index (χ4v) is 2.57. The highest BCUT2D eigenvalue weighted by Gasteiger charge is 2.19. The van der Waals surface area contributed by atoms with Crippen LogP contribution in [0.25, 0.3) is 10.9 Å². The molecule has 0 bridgehead atoms. The number of nitrogens with two attached hydrogens (primary N) is 1. The summed E-state index contributed by atoms with van der Waals surface area (Å²) in [5, 5.41) is 7.09. The molecule has 1 saturated heterocycles. The van der Waals surface area contributed by atoms with E-state index in [9.17, 15) is 4.79 Å². The molecule has 1 fully saturated rings. The minimum Gasteiger partial charge on any atom is -0.398 e. The number of hydrogen-bond acceptors (Lipinski definition) is 5. The predicted octanol–water partition coefficient (Wildman–Crippen LogP) is -0.0215. The van der Waals surface area contributed by atoms with Crippen LogP contribution >= 0.6 is 0 Å². The van der Waals surface area contributed by atoms with Gasteiger partial charge < -0.3 is 11.1 Å². The van der Waals surface area contributed by atoms with Crippen LogP contribution in [0, 0.1) is 6.92 Å². The highest BCUT2D eigenvalue weighted by molar-refractivity contribution is 5.89. The van der Waals surface area contributed by atoms with Crippen molar-refractivity contribution in [1.29, 1.82) is 0 Å². The summed E-state index contributed by atoms with van der Waals surface area (Å²) >= 11 is 0. The van der Waals surface area contributed by atoms with Gasteiger partial charge in [-0.15, -0.1) is 0 Å². The number of rotatable bonds is 1. The van der Waals surface area contributed by atoms with Crippen LogP contribution in [-0.4, -0.2) is 29.2 Å². The maximum Gasteiger partial charge on any atom is 0.264 e. The summed E-state index contributed by atoms with van der Waals surface area (Å²) in [4.78, 5) is 17.1. The number of piperazine rings is 1. The van der Waals surface area contributed by atoms with E-state index in [4.69, 9.17) is 5.73 Å². The summed E-state index contributed by atoms with van der Waals surface area (Å²) in [6, 6.07) is 5.36. The molecule has 1 atom stereocenters. The lowest BCUT2D eigenvalue weighted by Gasteiger charge is -2.27. The van der Waals surface area contributed by atoms with Crippen molar-refractivity contribution in [2.24, 2.45) is 0 Å². The Balaban J connectivity index is 2.24. The van der Waals surface area contributed by atoms with Crippen LogP contribution in [-0.2, 0) is 0 Å². The Hall–Kier alpha value is -1.92. The molecule has 1 unspecified atom stereocenters. The van der Waals surface area contributed by atoms with Crippen molar-refractivity contribution in [2.75, 3.05) is 25.4 Å². The second-order valence-corrected chi connectivity index (χ2v) is 4.75. The number of nitrogen functional groups attached to an aromatic ring is 1. The minimum atomic E-state index is -0.0817. The number of aryl methyl sites for hydroxylation is 1. The molecule has 2 aromatic rings. The van der Waals surface area contributed by atoms with Gasteiger partial charge in [0.2, 0.25) is 0 Å². The molecule has 0 spiro atoms. The number of anilines is 1. The third kappa shape index (κ3) is 1.98. The SMILES string of the molecule is Cc1nc2cccc(N)c2c(=O)n1C1CNCCN1. The normalized spacial score (nSPS) is 19.7. The summed E-state index contributed by atoms with van der Waals surface area (Å²) in [5.74, 6) is 0.698. The van der Waals surface area contributed by atoms with Crippen LogP contribution in [0.5, 0.6) is 0 Å². The van der Waals surface area contributed by atoms with Gasteiger partial charge in [0, 0.05) is 25.3 Å². The van der Waals surface area contributed by atoms with Gasteiger partial charge in [0.25, 0.3) is 5.56 Å². The van der Waals surface area contributed by atoms with Crippen molar-refractivity contribution in [2.45, 2.75) is 13.1 Å². The van der Waals surface area contributed by atoms with Gasteiger partial charge in [0.1, 0.15) is 12.0 Å². The van der Waals surface area contributed by atoms with E-state index in [0.29, 0.717) is 29.0 Å². The smallest absolute Gasteiger partial charge is 0.264 e. The van der Waals surface area contributed by atoms with Gasteiger partial charge in [0.05, 0.1) is 10.9 Å². The molecule has 6 heteroatoms. The standard InChI is InChI=1S/C13H17N5O/c1-8-17-10-4-2-3-9(14)12(10)13(19)18(8)11-7-15-5-6-16-11/h2-4,11,15-16H,5-7,14H2,1H3. The molecular formula is C13H17N5O. The average Bonchev–Trinajstić information content (AvgIpc) is 2.39. The molecule has 0 amide bonds. The second-order valence-electron chi connectivity index (χ2n) is 4.75. The lowest BCUT2D eigenvalue weighted by atomic mass is 10.2. The van der Waals surface area contributed by atoms with Crippen molar-refractivity contribution in [3.8, 4) is 0 Å². The van der Waals surface area contributed by atoms with Gasteiger partial charge >= 0.3 is 0 Å². The molecule has 2 heterocycles. The average molecular weight is 259 g/mol. The first-order chi connectivity index (χ1) is 9.18. The fourth-order valence-electron chi connectivity index (χ4n) is 2.57. The van der Waals surface area contributed by atoms with Crippen molar-refractivity contribution in [1.82, 2.24) is 20.2 Å². The number of aromatic nitrogens is 2. The summed E-state index contributed by atoms with van der Waals surface area (Å²) < 4.78 is 1.69. The van der Waals surface area contributed by atoms with Crippen LogP contribution in [0.2, 0.25) is 0 Å². The molecule has 4 N–H and O–H groups in total. The minimum absolute atomic E-state index is 0.0715. The van der Waals surface area contributed by atoms with E-state index in [2.05, 4.69) is 15.6 Å². The first kappa shape index (κ1) is 12.1. The maximum atomic E-state index is 12.6. The van der Waals surface area contributed by atoms with Crippen molar-refractivity contribution >= 4 is 16.6 Å². The molecule has 1 aliphatic rings. The summed E-state index contributed by atoms with van der Waals surface area (Å²) in [6.45, 7) is 4.30. The Morgan fingerprint density at radius 1 is 1.42 bits per heavy atom. The third-order valence-electron chi connectivity index (χ3n) is 3.47. The molecule has 1 aromatic heterocycles. The molecule has 0 radical (unpaired) electrons. The first-order valence-electron chi connectivity index (χ1n) is 6.40. The quantitative estimate of drug-likeness (QED) is 0.627. The number of benzene rings is 1. The molecule has 0 saturated carbocycles. The number of hydrogen-bond donors (Lipinski definition) is 3. The van der Waals surface area contributed by atoms with Crippen LogP contribution < -0.4 is 21.9 Å². The highest BCUT2D eigenvalue weighted by atomic mass is 16.1. The van der Waals surface area contributed by atoms with Gasteiger partial charge in [-0.1, -0.05) is 6.07 Å². The van der Waals surface area contributed by atoms with Crippen LogP contribution in [0.15, 0.2) is 23.0 Å². The van der Waals surface area contributed by atoms with Crippen LogP contribution in [0.1, 0.15) is 12.0 Å². The van der Waals surface area contributed by atoms with Gasteiger partial charge in [-0.25, -0.2) is 4.98 Å². The molecule has 0 aliphatic carbocycles. The summed E-state index contributed by atoms with van der Waals surface area (Å²) in [6.07, 6.45) is -0.0715. The topological polar surface area (TPSA) is 85.0 Å². The molecule has 3 rings (SSSR count). The van der Waals surface area contributed by atoms with Gasteiger partial charge in [-0.3, -0.25) is 14.7 Å². The molecule has 1 aliphatic heterocycles. The van der Waals surface area contributed by atoms with Crippen LogP contribution in [0.3, 0.4) is 0 Å². The Labute approximate surface area is 110 Å². The van der Waals surface area contributed by atoms with Gasteiger partial charge in [-0.05, 0) is 19.1 Å². The third-order valence-corrected chi connectivity index (χ3v) is 3.47. The predicted molar refractivity (Wildman–Crippen MR) is 75.1 cm³/mol. The van der Waals surface area contributed by atoms with Crippen molar-refractivity contribution < 1.29 is 0 Å². The number of nitrogens with one attached hydrogen (secondary N) is 2. The van der Waals surface area contributed by atoms with Gasteiger partial charge in [-0.2, -0.15) is 0 Å². The zero-order chi connectivity index (χ0) is 13.4. The lowest BCUT2D eigenvalue weighted by Crippen LogP contribution is -2.48. The number of nitrogens with zero attached hydrogens (tertiary/aromatic N) is 2. The van der Waals surface area contributed by atoms with E-state index in [1.165, 1.54) is 0 Å². The zero-order valence-corrected chi connectivity index (χ0v) is 10.8. The second kappa shape index (κ2) is 4.64. The molecular weight excluding hydrogens is 242 g/mol. The molecule has 100 valence electrons. The van der Waals surface area contributed by atoms with E-state index >= 15 is 0 Å². The van der Waals surface area contributed by atoms with E-state index in [1.807, 2.05) is 19.1 Å². The number of fused-ring (bicyclic) bond motifs is 1. The lowest BCUT2D eigenvalue weighted by molar-refractivity contribution is 0.325. The van der Waals surface area contributed by atoms with Gasteiger partial charge in [0.15, 0.2) is 0 Å². The first-order valence-corrected chi connectivity index (χ1v) is 6.40. The zero-order valence-electron chi connectivity index (χ0n) is 10.8. The van der Waals surface area contributed by atoms with Crippen molar-refractivity contribution in [3.05, 3.63) is 34.4 Å². The molecule has 6 nitrogen and oxygen atoms in total. The molecule has 1 aromatic carbocycles.